The second-order valence-electron chi connectivity index (χ2n) is 12.5. The topological polar surface area (TPSA) is 83.8 Å². The second-order valence-corrected chi connectivity index (χ2v) is 12.9. The summed E-state index contributed by atoms with van der Waals surface area (Å²) in [5.74, 6) is 0.256. The number of aromatic nitrogens is 3. The van der Waals surface area contributed by atoms with Crippen LogP contribution in [0, 0.1) is 5.82 Å². The molecular formula is C30H32ClF2N5O3. The first-order valence-electron chi connectivity index (χ1n) is 14.6. The summed E-state index contributed by atoms with van der Waals surface area (Å²) in [5.41, 5.74) is 0.924. The first-order chi connectivity index (χ1) is 19.8. The van der Waals surface area contributed by atoms with Crippen LogP contribution in [0.2, 0.25) is 5.02 Å². The van der Waals surface area contributed by atoms with Gasteiger partial charge < -0.3 is 19.5 Å². The summed E-state index contributed by atoms with van der Waals surface area (Å²) >= 11 is 6.58. The molecule has 216 valence electrons. The summed E-state index contributed by atoms with van der Waals surface area (Å²) in [5, 5.41) is 11.2. The molecule has 5 heterocycles. The minimum absolute atomic E-state index is 0.0391. The number of phenolic OH excluding ortho intramolecular Hbond substituents is 1. The Morgan fingerprint density at radius 1 is 1.20 bits per heavy atom. The summed E-state index contributed by atoms with van der Waals surface area (Å²) in [6.45, 7) is 1.50. The highest BCUT2D eigenvalue weighted by Crippen LogP contribution is 2.51. The van der Waals surface area contributed by atoms with Crippen LogP contribution in [0.25, 0.3) is 22.2 Å². The highest BCUT2D eigenvalue weighted by molar-refractivity contribution is 6.32. The average molecular weight is 584 g/mol. The smallest absolute Gasteiger partial charge is 0.319 e. The molecule has 2 saturated carbocycles. The van der Waals surface area contributed by atoms with E-state index in [2.05, 4.69) is 14.8 Å². The van der Waals surface area contributed by atoms with Gasteiger partial charge in [0.25, 0.3) is 0 Å². The number of fused-ring (bicyclic) bond motifs is 3. The van der Waals surface area contributed by atoms with E-state index in [-0.39, 0.29) is 59.1 Å². The van der Waals surface area contributed by atoms with E-state index in [0.717, 1.165) is 57.1 Å². The molecule has 0 spiro atoms. The van der Waals surface area contributed by atoms with Crippen molar-refractivity contribution in [2.45, 2.75) is 81.1 Å². The predicted molar refractivity (Wildman–Crippen MR) is 150 cm³/mol. The molecule has 2 aromatic heterocycles. The lowest BCUT2D eigenvalue weighted by Crippen LogP contribution is -2.43. The Morgan fingerprint density at radius 3 is 2.88 bits per heavy atom. The van der Waals surface area contributed by atoms with Gasteiger partial charge >= 0.3 is 6.01 Å². The molecule has 1 N–H and O–H groups in total. The Morgan fingerprint density at radius 2 is 2.05 bits per heavy atom. The number of halogens is 3. The van der Waals surface area contributed by atoms with Crippen LogP contribution in [0.3, 0.4) is 0 Å². The van der Waals surface area contributed by atoms with Crippen LogP contribution >= 0.6 is 11.6 Å². The number of ether oxygens (including phenoxy) is 2. The monoisotopic (exact) mass is 583 g/mol. The van der Waals surface area contributed by atoms with Gasteiger partial charge in [0.2, 0.25) is 5.88 Å². The highest BCUT2D eigenvalue weighted by atomic mass is 35.5. The number of pyridine rings is 1. The number of phenols is 1. The lowest BCUT2D eigenvalue weighted by molar-refractivity contribution is 0.107. The van der Waals surface area contributed by atoms with Gasteiger partial charge in [-0.25, -0.2) is 13.8 Å². The molecule has 41 heavy (non-hydrogen) atoms. The van der Waals surface area contributed by atoms with E-state index >= 15 is 4.39 Å². The van der Waals surface area contributed by atoms with Crippen molar-refractivity contribution in [1.29, 1.82) is 0 Å². The predicted octanol–water partition coefficient (Wildman–Crippen LogP) is 5.77. The molecule has 4 fully saturated rings. The van der Waals surface area contributed by atoms with Gasteiger partial charge in [0, 0.05) is 43.1 Å². The maximum atomic E-state index is 16.7. The second kappa shape index (κ2) is 9.26. The van der Waals surface area contributed by atoms with Gasteiger partial charge in [-0.15, -0.1) is 0 Å². The standard InChI is InChI=1S/C30H32ClF2N5O3/c1-37-17-5-6-19(9-17)41-28-23-26(24(33)25(34-28)20-10-18(39)11-21(31)22(20)15-3-4-15)35-29(36-27(23)37)40-14-30-7-2-8-38(30)13-16(32)12-30/h10-11,15-17,19,39H,2-9,12-14H2,1H3/t16-,17?,19?,30+/m1/s1. The highest BCUT2D eigenvalue weighted by Gasteiger charge is 2.49. The van der Waals surface area contributed by atoms with Crippen LogP contribution in [-0.2, 0) is 0 Å². The van der Waals surface area contributed by atoms with Crippen molar-refractivity contribution in [3.05, 3.63) is 28.5 Å². The van der Waals surface area contributed by atoms with Crippen LogP contribution < -0.4 is 14.4 Å². The molecule has 8 rings (SSSR count). The quantitative estimate of drug-likeness (QED) is 0.405. The third kappa shape index (κ3) is 4.12. The van der Waals surface area contributed by atoms with E-state index in [0.29, 0.717) is 34.8 Å². The van der Waals surface area contributed by atoms with E-state index < -0.39 is 12.0 Å². The van der Waals surface area contributed by atoms with Crippen molar-refractivity contribution < 1.29 is 23.4 Å². The normalized spacial score (nSPS) is 29.0. The first kappa shape index (κ1) is 25.7. The van der Waals surface area contributed by atoms with Crippen LogP contribution in [0.5, 0.6) is 17.6 Å². The molecule has 3 aliphatic heterocycles. The number of anilines is 1. The molecule has 0 radical (unpaired) electrons. The van der Waals surface area contributed by atoms with Crippen LogP contribution in [0.15, 0.2) is 12.1 Å². The summed E-state index contributed by atoms with van der Waals surface area (Å²) in [7, 11) is 1.96. The molecule has 0 amide bonds. The van der Waals surface area contributed by atoms with Crippen molar-refractivity contribution >= 4 is 28.3 Å². The molecule has 2 aliphatic carbocycles. The lowest BCUT2D eigenvalue weighted by Gasteiger charge is -2.32. The molecule has 3 aromatic rings. The molecule has 2 unspecified atom stereocenters. The van der Waals surface area contributed by atoms with Gasteiger partial charge in [0.05, 0.1) is 5.54 Å². The Labute approximate surface area is 241 Å². The number of aromatic hydroxyl groups is 1. The third-order valence-corrected chi connectivity index (χ3v) is 10.1. The molecule has 2 bridgehead atoms. The van der Waals surface area contributed by atoms with Crippen molar-refractivity contribution in [3.63, 3.8) is 0 Å². The summed E-state index contributed by atoms with van der Waals surface area (Å²) in [6, 6.07) is 3.24. The maximum Gasteiger partial charge on any atom is 0.319 e. The van der Waals surface area contributed by atoms with Crippen molar-refractivity contribution in [2.24, 2.45) is 0 Å². The Kier molecular flexibility index (Phi) is 5.81. The van der Waals surface area contributed by atoms with Crippen molar-refractivity contribution in [2.75, 3.05) is 31.6 Å². The zero-order valence-corrected chi connectivity index (χ0v) is 23.6. The number of nitrogens with zero attached hydrogens (tertiary/aromatic N) is 5. The van der Waals surface area contributed by atoms with E-state index in [1.54, 1.807) is 0 Å². The molecule has 2 saturated heterocycles. The summed E-state index contributed by atoms with van der Waals surface area (Å²) in [6.07, 6.45) is 5.75. The minimum atomic E-state index is -0.883. The number of benzene rings is 1. The average Bonchev–Trinajstić information content (AvgIpc) is 3.38. The third-order valence-electron chi connectivity index (χ3n) is 9.82. The van der Waals surface area contributed by atoms with Gasteiger partial charge in [0.1, 0.15) is 47.0 Å². The Hall–Kier alpha value is -2.98. The Bertz CT molecular complexity index is 1570. The van der Waals surface area contributed by atoms with E-state index in [4.69, 9.17) is 31.0 Å². The van der Waals surface area contributed by atoms with Crippen LogP contribution in [-0.4, -0.2) is 75.6 Å². The zero-order valence-electron chi connectivity index (χ0n) is 22.9. The van der Waals surface area contributed by atoms with Gasteiger partial charge in [-0.2, -0.15) is 9.97 Å². The zero-order chi connectivity index (χ0) is 28.0. The number of hydrogen-bond acceptors (Lipinski definition) is 8. The van der Waals surface area contributed by atoms with Gasteiger partial charge in [-0.05, 0) is 68.7 Å². The molecule has 5 aliphatic rings. The first-order valence-corrected chi connectivity index (χ1v) is 15.0. The van der Waals surface area contributed by atoms with Crippen molar-refractivity contribution in [1.82, 2.24) is 19.9 Å². The molecule has 8 nitrogen and oxygen atoms in total. The molecular weight excluding hydrogens is 552 g/mol. The fraction of sp³-hybridized carbons (Fsp3) is 0.567. The van der Waals surface area contributed by atoms with Gasteiger partial charge in [-0.3, -0.25) is 4.90 Å². The molecule has 4 atom stereocenters. The Balaban J connectivity index is 1.30. The summed E-state index contributed by atoms with van der Waals surface area (Å²) in [4.78, 5) is 18.4. The molecule has 11 heteroatoms. The van der Waals surface area contributed by atoms with Crippen LogP contribution in [0.4, 0.5) is 14.6 Å². The fourth-order valence-corrected chi connectivity index (χ4v) is 8.00. The largest absolute Gasteiger partial charge is 0.508 e. The number of rotatable bonds is 5. The van der Waals surface area contributed by atoms with Crippen LogP contribution in [0.1, 0.15) is 62.8 Å². The number of hydrogen-bond donors (Lipinski definition) is 1. The van der Waals surface area contributed by atoms with E-state index in [9.17, 15) is 9.50 Å². The minimum Gasteiger partial charge on any atom is -0.508 e. The summed E-state index contributed by atoms with van der Waals surface area (Å²) < 4.78 is 43.7. The SMILES string of the molecule is CN1c2nc(OC[C@@]34CCCN3C[C@H](F)C4)nc3c(F)c(-c4cc(O)cc(Cl)c4C4CC4)nc(c23)OC2CCC1C2. The molecule has 1 aromatic carbocycles. The lowest BCUT2D eigenvalue weighted by atomic mass is 9.95. The van der Waals surface area contributed by atoms with E-state index in [1.807, 2.05) is 7.05 Å². The number of alkyl halides is 1. The fourth-order valence-electron chi connectivity index (χ4n) is 7.63. The van der Waals surface area contributed by atoms with Gasteiger partial charge in [0.15, 0.2) is 5.82 Å². The van der Waals surface area contributed by atoms with Crippen molar-refractivity contribution in [3.8, 4) is 28.9 Å². The van der Waals surface area contributed by atoms with Gasteiger partial charge in [-0.1, -0.05) is 11.6 Å². The maximum absolute atomic E-state index is 16.7. The van der Waals surface area contributed by atoms with E-state index in [1.165, 1.54) is 12.1 Å².